The van der Waals surface area contributed by atoms with E-state index in [0.717, 1.165) is 40.7 Å². The molecule has 1 saturated heterocycles. The van der Waals surface area contributed by atoms with E-state index in [4.69, 9.17) is 9.97 Å². The van der Waals surface area contributed by atoms with E-state index >= 15 is 0 Å². The van der Waals surface area contributed by atoms with Gasteiger partial charge in [-0.15, -0.1) is 0 Å². The van der Waals surface area contributed by atoms with Gasteiger partial charge in [-0.2, -0.15) is 5.10 Å². The van der Waals surface area contributed by atoms with Gasteiger partial charge in [-0.25, -0.2) is 14.6 Å². The maximum absolute atomic E-state index is 12.4. The lowest BCUT2D eigenvalue weighted by molar-refractivity contribution is 0.0952. The number of hydrogen-bond acceptors (Lipinski definition) is 6. The third kappa shape index (κ3) is 4.59. The second-order valence-electron chi connectivity index (χ2n) is 7.92. The first kappa shape index (κ1) is 20.7. The number of thioether (sulfide) groups is 1. The molecule has 0 radical (unpaired) electrons. The molecule has 0 aliphatic carbocycles. The summed E-state index contributed by atoms with van der Waals surface area (Å²) >= 11 is 1.67. The van der Waals surface area contributed by atoms with E-state index in [1.165, 1.54) is 12.8 Å². The molecular weight excluding hydrogens is 396 g/mol. The number of amides is 1. The molecule has 3 aromatic rings. The van der Waals surface area contributed by atoms with Crippen LogP contribution in [0.1, 0.15) is 42.6 Å². The van der Waals surface area contributed by atoms with Gasteiger partial charge in [0.2, 0.25) is 0 Å². The second-order valence-corrected chi connectivity index (χ2v) is 9.46. The number of carbonyl (C=O) groups is 1. The molecule has 158 valence electrons. The van der Waals surface area contributed by atoms with Gasteiger partial charge in [0.1, 0.15) is 5.82 Å². The quantitative estimate of drug-likeness (QED) is 0.461. The van der Waals surface area contributed by atoms with Gasteiger partial charge in [0.05, 0.1) is 18.1 Å². The van der Waals surface area contributed by atoms with Crippen molar-refractivity contribution in [3.63, 3.8) is 0 Å². The number of aryl methyl sites for hydroxylation is 1. The summed E-state index contributed by atoms with van der Waals surface area (Å²) in [6.45, 7) is 9.39. The summed E-state index contributed by atoms with van der Waals surface area (Å²) in [5, 5.41) is 9.70. The van der Waals surface area contributed by atoms with Crippen LogP contribution in [-0.2, 0) is 6.54 Å². The Bertz CT molecular complexity index is 1020. The average Bonchev–Trinajstić information content (AvgIpc) is 3.38. The Morgan fingerprint density at radius 2 is 1.90 bits per heavy atom. The minimum atomic E-state index is -0.0742. The molecule has 1 aliphatic heterocycles. The molecular formula is C22H28N6OS. The third-order valence-electron chi connectivity index (χ3n) is 5.13. The number of nitrogens with zero attached hydrogens (tertiary/aromatic N) is 5. The lowest BCUT2D eigenvalue weighted by atomic mass is 10.1. The van der Waals surface area contributed by atoms with Crippen molar-refractivity contribution in [2.45, 2.75) is 50.6 Å². The van der Waals surface area contributed by atoms with Crippen LogP contribution >= 0.6 is 11.8 Å². The zero-order valence-corrected chi connectivity index (χ0v) is 18.6. The number of nitrogens with one attached hydrogen (secondary N) is 1. The van der Waals surface area contributed by atoms with Gasteiger partial charge in [0.25, 0.3) is 5.91 Å². The van der Waals surface area contributed by atoms with Crippen molar-refractivity contribution in [3.8, 4) is 0 Å². The van der Waals surface area contributed by atoms with E-state index in [2.05, 4.69) is 29.2 Å². The summed E-state index contributed by atoms with van der Waals surface area (Å²) < 4.78 is 1.87. The highest BCUT2D eigenvalue weighted by atomic mass is 32.2. The van der Waals surface area contributed by atoms with Crippen LogP contribution in [0.15, 0.2) is 35.6 Å². The molecule has 1 N–H and O–H groups in total. The Labute approximate surface area is 181 Å². The third-order valence-corrected chi connectivity index (χ3v) is 5.99. The Morgan fingerprint density at radius 3 is 2.60 bits per heavy atom. The first-order valence-corrected chi connectivity index (χ1v) is 11.4. The number of hydrogen-bond donors (Lipinski definition) is 1. The first-order valence-electron chi connectivity index (χ1n) is 10.5. The van der Waals surface area contributed by atoms with Gasteiger partial charge in [0.15, 0.2) is 10.8 Å². The zero-order chi connectivity index (χ0) is 21.1. The summed E-state index contributed by atoms with van der Waals surface area (Å²) in [7, 11) is 0. The summed E-state index contributed by atoms with van der Waals surface area (Å²) in [6.07, 6.45) is 4.24. The maximum atomic E-state index is 12.4. The van der Waals surface area contributed by atoms with E-state index in [1.54, 1.807) is 11.8 Å². The molecule has 4 rings (SSSR count). The van der Waals surface area contributed by atoms with Crippen molar-refractivity contribution < 1.29 is 4.79 Å². The molecule has 7 nitrogen and oxygen atoms in total. The van der Waals surface area contributed by atoms with Crippen molar-refractivity contribution in [2.24, 2.45) is 0 Å². The highest BCUT2D eigenvalue weighted by molar-refractivity contribution is 7.99. The van der Waals surface area contributed by atoms with Gasteiger partial charge in [-0.1, -0.05) is 43.3 Å². The predicted octanol–water partition coefficient (Wildman–Crippen LogP) is 3.67. The first-order chi connectivity index (χ1) is 14.5. The van der Waals surface area contributed by atoms with Crippen LogP contribution < -0.4 is 10.2 Å². The Hall–Kier alpha value is -2.61. The Morgan fingerprint density at radius 1 is 1.17 bits per heavy atom. The van der Waals surface area contributed by atoms with Gasteiger partial charge in [-0.3, -0.25) is 4.79 Å². The molecule has 1 amide bonds. The summed E-state index contributed by atoms with van der Waals surface area (Å²) in [6, 6.07) is 7.58. The molecule has 0 unspecified atom stereocenters. The van der Waals surface area contributed by atoms with Gasteiger partial charge in [-0.05, 0) is 31.9 Å². The molecule has 1 fully saturated rings. The van der Waals surface area contributed by atoms with E-state index < -0.39 is 0 Å². The largest absolute Gasteiger partial charge is 0.356 e. The number of carbonyl (C=O) groups excluding carboxylic acids is 1. The molecule has 0 atom stereocenters. The highest BCUT2D eigenvalue weighted by Crippen LogP contribution is 2.30. The number of aromatic nitrogens is 4. The number of benzene rings is 1. The molecule has 30 heavy (non-hydrogen) atoms. The van der Waals surface area contributed by atoms with E-state index in [1.807, 2.05) is 42.1 Å². The summed E-state index contributed by atoms with van der Waals surface area (Å²) in [5.41, 5.74) is 2.64. The Balaban J connectivity index is 1.52. The van der Waals surface area contributed by atoms with Crippen molar-refractivity contribution in [3.05, 3.63) is 41.6 Å². The average molecular weight is 425 g/mol. The van der Waals surface area contributed by atoms with E-state index in [0.29, 0.717) is 23.9 Å². The summed E-state index contributed by atoms with van der Waals surface area (Å²) in [5.74, 6) is 0.908. The normalized spacial score (nSPS) is 14.1. The standard InChI is InChI=1S/C22H28N6OS/c1-15(2)30-22-25-19(27-11-4-5-12-27)18-14-24-28(20(18)26-22)13-10-23-21(29)17-8-6-16(3)7-9-17/h6-9,14-15H,4-5,10-13H2,1-3H3,(H,23,29). The van der Waals surface area contributed by atoms with Crippen LogP contribution in [0.2, 0.25) is 0 Å². The topological polar surface area (TPSA) is 75.9 Å². The van der Waals surface area contributed by atoms with Crippen LogP contribution in [-0.4, -0.2) is 50.5 Å². The Kier molecular flexibility index (Phi) is 6.22. The number of rotatable bonds is 7. The van der Waals surface area contributed by atoms with Crippen molar-refractivity contribution in [1.82, 2.24) is 25.1 Å². The van der Waals surface area contributed by atoms with Crippen molar-refractivity contribution in [2.75, 3.05) is 24.5 Å². The van der Waals surface area contributed by atoms with E-state index in [-0.39, 0.29) is 5.91 Å². The fourth-order valence-corrected chi connectivity index (χ4v) is 4.30. The minimum Gasteiger partial charge on any atom is -0.356 e. The molecule has 1 aromatic carbocycles. The van der Waals surface area contributed by atoms with E-state index in [9.17, 15) is 4.79 Å². The number of anilines is 1. The van der Waals surface area contributed by atoms with Gasteiger partial charge >= 0.3 is 0 Å². The van der Waals surface area contributed by atoms with Gasteiger partial charge < -0.3 is 10.2 Å². The summed E-state index contributed by atoms with van der Waals surface area (Å²) in [4.78, 5) is 24.3. The molecule has 3 heterocycles. The fraction of sp³-hybridized carbons (Fsp3) is 0.455. The fourth-order valence-electron chi connectivity index (χ4n) is 3.60. The van der Waals surface area contributed by atoms with Crippen LogP contribution in [0, 0.1) is 6.92 Å². The monoisotopic (exact) mass is 424 g/mol. The maximum Gasteiger partial charge on any atom is 0.251 e. The van der Waals surface area contributed by atoms with Crippen molar-refractivity contribution >= 4 is 34.5 Å². The SMILES string of the molecule is Cc1ccc(C(=O)NCCn2ncc3c(N4CCCC4)nc(SC(C)C)nc32)cc1. The molecule has 0 spiro atoms. The molecule has 1 aliphatic rings. The van der Waals surface area contributed by atoms with Crippen LogP contribution in [0.4, 0.5) is 5.82 Å². The predicted molar refractivity (Wildman–Crippen MR) is 121 cm³/mol. The molecule has 0 bridgehead atoms. The van der Waals surface area contributed by atoms with Crippen molar-refractivity contribution in [1.29, 1.82) is 0 Å². The van der Waals surface area contributed by atoms with Crippen LogP contribution in [0.3, 0.4) is 0 Å². The molecule has 8 heteroatoms. The smallest absolute Gasteiger partial charge is 0.251 e. The lowest BCUT2D eigenvalue weighted by Gasteiger charge is -2.18. The van der Waals surface area contributed by atoms with Crippen LogP contribution in [0.25, 0.3) is 11.0 Å². The van der Waals surface area contributed by atoms with Crippen LogP contribution in [0.5, 0.6) is 0 Å². The number of fused-ring (bicyclic) bond motifs is 1. The highest BCUT2D eigenvalue weighted by Gasteiger charge is 2.21. The molecule has 2 aromatic heterocycles. The lowest BCUT2D eigenvalue weighted by Crippen LogP contribution is -2.27. The minimum absolute atomic E-state index is 0.0742. The zero-order valence-electron chi connectivity index (χ0n) is 17.8. The second kappa shape index (κ2) is 9.04. The van der Waals surface area contributed by atoms with Gasteiger partial charge in [0, 0.05) is 30.4 Å². The molecule has 0 saturated carbocycles.